The number of benzene rings is 1. The predicted molar refractivity (Wildman–Crippen MR) is 88.7 cm³/mol. The smallest absolute Gasteiger partial charge is 0.322 e. The fourth-order valence-electron chi connectivity index (χ4n) is 2.83. The third-order valence-electron chi connectivity index (χ3n) is 3.91. The Morgan fingerprint density at radius 2 is 1.91 bits per heavy atom. The van der Waals surface area contributed by atoms with Gasteiger partial charge in [-0.2, -0.15) is 4.31 Å². The molecule has 0 saturated carbocycles. The number of hydrogen-bond donors (Lipinski definition) is 1. The standard InChI is InChI=1S/C16H17NO4S2/c1-10(2)15(16(18)19)17-9-13-14(23(17,20)21)8-12(22-13)11-6-4-3-5-7-11/h3-8,10,15H,9H2,1-2H3,(H,18,19)/t15-/m1/s1. The molecule has 1 aromatic carbocycles. The number of nitrogens with zero attached hydrogens (tertiary/aromatic N) is 1. The van der Waals surface area contributed by atoms with Crippen molar-refractivity contribution >= 4 is 27.3 Å². The van der Waals surface area contributed by atoms with E-state index < -0.39 is 22.0 Å². The molecule has 0 bridgehead atoms. The van der Waals surface area contributed by atoms with E-state index in [0.717, 1.165) is 14.7 Å². The number of carbonyl (C=O) groups is 1. The van der Waals surface area contributed by atoms with Gasteiger partial charge < -0.3 is 5.11 Å². The van der Waals surface area contributed by atoms with Crippen molar-refractivity contribution < 1.29 is 18.3 Å². The summed E-state index contributed by atoms with van der Waals surface area (Å²) in [5, 5.41) is 9.38. The van der Waals surface area contributed by atoms with Gasteiger partial charge in [0, 0.05) is 9.75 Å². The molecule has 5 nitrogen and oxygen atoms in total. The molecule has 1 aromatic heterocycles. The highest BCUT2D eigenvalue weighted by Crippen LogP contribution is 2.42. The Labute approximate surface area is 139 Å². The highest BCUT2D eigenvalue weighted by molar-refractivity contribution is 7.89. The molecule has 0 fully saturated rings. The van der Waals surface area contributed by atoms with Crippen LogP contribution in [0.25, 0.3) is 10.4 Å². The van der Waals surface area contributed by atoms with Crippen molar-refractivity contribution in [2.24, 2.45) is 5.92 Å². The van der Waals surface area contributed by atoms with Crippen molar-refractivity contribution in [3.63, 3.8) is 0 Å². The minimum atomic E-state index is -3.76. The lowest BCUT2D eigenvalue weighted by atomic mass is 10.1. The molecule has 2 heterocycles. The molecule has 1 aliphatic rings. The minimum Gasteiger partial charge on any atom is -0.480 e. The predicted octanol–water partition coefficient (Wildman–Crippen LogP) is 3.03. The second kappa shape index (κ2) is 5.74. The summed E-state index contributed by atoms with van der Waals surface area (Å²) in [4.78, 5) is 13.3. The van der Waals surface area contributed by atoms with E-state index in [1.54, 1.807) is 19.9 Å². The van der Waals surface area contributed by atoms with Gasteiger partial charge in [0.1, 0.15) is 6.04 Å². The van der Waals surface area contributed by atoms with Crippen LogP contribution in [0.15, 0.2) is 41.3 Å². The van der Waals surface area contributed by atoms with Gasteiger partial charge >= 0.3 is 5.97 Å². The van der Waals surface area contributed by atoms with Crippen molar-refractivity contribution in [2.75, 3.05) is 0 Å². The Balaban J connectivity index is 2.01. The molecular weight excluding hydrogens is 334 g/mol. The summed E-state index contributed by atoms with van der Waals surface area (Å²) in [5.74, 6) is -1.41. The number of carboxylic acid groups (broad SMARTS) is 1. The maximum Gasteiger partial charge on any atom is 0.322 e. The van der Waals surface area contributed by atoms with Crippen LogP contribution in [0.5, 0.6) is 0 Å². The monoisotopic (exact) mass is 351 g/mol. The second-order valence-corrected chi connectivity index (χ2v) is 8.84. The number of aliphatic carboxylic acids is 1. The summed E-state index contributed by atoms with van der Waals surface area (Å²) < 4.78 is 26.6. The van der Waals surface area contributed by atoms with E-state index in [1.165, 1.54) is 11.3 Å². The zero-order valence-electron chi connectivity index (χ0n) is 12.8. The number of carboxylic acids is 1. The van der Waals surface area contributed by atoms with Crippen molar-refractivity contribution in [3.8, 4) is 10.4 Å². The molecule has 23 heavy (non-hydrogen) atoms. The van der Waals surface area contributed by atoms with Gasteiger partial charge in [-0.3, -0.25) is 4.79 Å². The normalized spacial score (nSPS) is 18.0. The highest BCUT2D eigenvalue weighted by Gasteiger charge is 2.44. The Morgan fingerprint density at radius 1 is 1.26 bits per heavy atom. The van der Waals surface area contributed by atoms with Gasteiger partial charge in [-0.1, -0.05) is 44.2 Å². The Bertz CT molecular complexity index is 840. The molecule has 1 aliphatic heterocycles. The maximum atomic E-state index is 12.7. The zero-order chi connectivity index (χ0) is 16.8. The molecule has 0 radical (unpaired) electrons. The Hall–Kier alpha value is -1.70. The van der Waals surface area contributed by atoms with Gasteiger partial charge in [0.25, 0.3) is 0 Å². The Morgan fingerprint density at radius 3 is 2.43 bits per heavy atom. The van der Waals surface area contributed by atoms with Gasteiger partial charge in [0.2, 0.25) is 10.0 Å². The maximum absolute atomic E-state index is 12.7. The van der Waals surface area contributed by atoms with E-state index in [2.05, 4.69) is 0 Å². The first-order valence-corrected chi connectivity index (χ1v) is 9.51. The third-order valence-corrected chi connectivity index (χ3v) is 7.10. The molecule has 3 rings (SSSR count). The topological polar surface area (TPSA) is 74.7 Å². The molecule has 1 atom stereocenters. The number of rotatable bonds is 4. The van der Waals surface area contributed by atoms with Crippen LogP contribution < -0.4 is 0 Å². The molecule has 0 unspecified atom stereocenters. The minimum absolute atomic E-state index is 0.129. The summed E-state index contributed by atoms with van der Waals surface area (Å²) >= 11 is 1.41. The van der Waals surface area contributed by atoms with Crippen LogP contribution in [-0.4, -0.2) is 29.8 Å². The zero-order valence-corrected chi connectivity index (χ0v) is 14.4. The fourth-order valence-corrected chi connectivity index (χ4v) is 6.29. The van der Waals surface area contributed by atoms with Gasteiger partial charge in [0.05, 0.1) is 11.4 Å². The van der Waals surface area contributed by atoms with Crippen LogP contribution in [0, 0.1) is 5.92 Å². The largest absolute Gasteiger partial charge is 0.480 e. The van der Waals surface area contributed by atoms with Crippen LogP contribution in [0.3, 0.4) is 0 Å². The van der Waals surface area contributed by atoms with Gasteiger partial charge in [-0.15, -0.1) is 11.3 Å². The first-order chi connectivity index (χ1) is 10.8. The lowest BCUT2D eigenvalue weighted by molar-refractivity contribution is -0.143. The lowest BCUT2D eigenvalue weighted by Crippen LogP contribution is -2.44. The molecule has 0 aliphatic carbocycles. The van der Waals surface area contributed by atoms with E-state index in [-0.39, 0.29) is 17.4 Å². The van der Waals surface area contributed by atoms with Crippen LogP contribution in [0.2, 0.25) is 0 Å². The van der Waals surface area contributed by atoms with Gasteiger partial charge in [-0.25, -0.2) is 8.42 Å². The third kappa shape index (κ3) is 2.69. The van der Waals surface area contributed by atoms with Gasteiger partial charge in [-0.05, 0) is 17.5 Å². The molecule has 1 N–H and O–H groups in total. The molecule has 0 saturated heterocycles. The molecule has 122 valence electrons. The van der Waals surface area contributed by atoms with Crippen LogP contribution in [0.1, 0.15) is 18.7 Å². The summed E-state index contributed by atoms with van der Waals surface area (Å²) in [7, 11) is -3.76. The van der Waals surface area contributed by atoms with Crippen molar-refractivity contribution in [2.45, 2.75) is 31.3 Å². The van der Waals surface area contributed by atoms with E-state index in [1.807, 2.05) is 30.3 Å². The molecule has 2 aromatic rings. The second-order valence-electron chi connectivity index (χ2n) is 5.84. The van der Waals surface area contributed by atoms with E-state index in [0.29, 0.717) is 4.88 Å². The quantitative estimate of drug-likeness (QED) is 0.919. The summed E-state index contributed by atoms with van der Waals surface area (Å²) in [6.07, 6.45) is 0. The molecular formula is C16H17NO4S2. The summed E-state index contributed by atoms with van der Waals surface area (Å²) in [6, 6.07) is 10.2. The van der Waals surface area contributed by atoms with E-state index >= 15 is 0 Å². The molecule has 0 spiro atoms. The Kier molecular flexibility index (Phi) is 4.03. The van der Waals surface area contributed by atoms with Crippen molar-refractivity contribution in [1.29, 1.82) is 0 Å². The number of hydrogen-bond acceptors (Lipinski definition) is 4. The number of thiophene rings is 1. The first-order valence-electron chi connectivity index (χ1n) is 7.25. The SMILES string of the molecule is CC(C)[C@H](C(=O)O)N1Cc2sc(-c3ccccc3)cc2S1(=O)=O. The summed E-state index contributed by atoms with van der Waals surface area (Å²) in [5.41, 5.74) is 0.965. The molecule has 0 amide bonds. The number of sulfonamides is 1. The van der Waals surface area contributed by atoms with Crippen molar-refractivity contribution in [3.05, 3.63) is 41.3 Å². The summed E-state index contributed by atoms with van der Waals surface area (Å²) in [6.45, 7) is 3.57. The van der Waals surface area contributed by atoms with E-state index in [4.69, 9.17) is 0 Å². The van der Waals surface area contributed by atoms with Crippen LogP contribution >= 0.6 is 11.3 Å². The number of fused-ring (bicyclic) bond motifs is 1. The first kappa shape index (κ1) is 16.2. The molecule has 7 heteroatoms. The highest BCUT2D eigenvalue weighted by atomic mass is 32.2. The van der Waals surface area contributed by atoms with E-state index in [9.17, 15) is 18.3 Å². The van der Waals surface area contributed by atoms with Crippen LogP contribution in [0.4, 0.5) is 0 Å². The average Bonchev–Trinajstić information content (AvgIpc) is 3.00. The van der Waals surface area contributed by atoms with Gasteiger partial charge in [0.15, 0.2) is 0 Å². The van der Waals surface area contributed by atoms with Crippen LogP contribution in [-0.2, 0) is 21.4 Å². The lowest BCUT2D eigenvalue weighted by Gasteiger charge is -2.25. The van der Waals surface area contributed by atoms with Crippen molar-refractivity contribution in [1.82, 2.24) is 4.31 Å². The average molecular weight is 351 g/mol. The fraction of sp³-hybridized carbons (Fsp3) is 0.312.